The summed E-state index contributed by atoms with van der Waals surface area (Å²) in [7, 11) is -0.486. The topological polar surface area (TPSA) is 70.9 Å². The predicted octanol–water partition coefficient (Wildman–Crippen LogP) is 2.25. The largest absolute Gasteiger partial charge is 0.494 e. The molecule has 1 aliphatic heterocycles. The Morgan fingerprint density at radius 1 is 1.14 bits per heavy atom. The Labute approximate surface area is 130 Å². The number of hydrogen-bond acceptors (Lipinski definition) is 4. The van der Waals surface area contributed by atoms with Crippen LogP contribution in [0.1, 0.15) is 33.3 Å². The average Bonchev–Trinajstić information content (AvgIpc) is 3.05. The van der Waals surface area contributed by atoms with Crippen molar-refractivity contribution in [2.24, 2.45) is 0 Å². The molecule has 1 aromatic heterocycles. The molecule has 1 aliphatic rings. The van der Waals surface area contributed by atoms with Crippen molar-refractivity contribution in [2.75, 3.05) is 0 Å². The van der Waals surface area contributed by atoms with Gasteiger partial charge < -0.3 is 14.3 Å². The second kappa shape index (κ2) is 4.97. The fraction of sp³-hybridized carbons (Fsp3) is 0.375. The second-order valence-electron chi connectivity index (χ2n) is 6.51. The van der Waals surface area contributed by atoms with E-state index in [1.54, 1.807) is 12.5 Å². The van der Waals surface area contributed by atoms with Crippen LogP contribution in [0.5, 0.6) is 0 Å². The fourth-order valence-electron chi connectivity index (χ4n) is 2.40. The summed E-state index contributed by atoms with van der Waals surface area (Å²) in [5.41, 5.74) is 2.33. The van der Waals surface area contributed by atoms with Gasteiger partial charge in [-0.25, -0.2) is 4.98 Å². The van der Waals surface area contributed by atoms with Gasteiger partial charge in [0.15, 0.2) is 0 Å². The van der Waals surface area contributed by atoms with E-state index in [1.807, 2.05) is 45.9 Å². The van der Waals surface area contributed by atoms with Crippen molar-refractivity contribution in [1.29, 1.82) is 5.26 Å². The molecule has 22 heavy (non-hydrogen) atoms. The lowest BCUT2D eigenvalue weighted by molar-refractivity contribution is 0.00578. The van der Waals surface area contributed by atoms with Crippen molar-refractivity contribution < 1.29 is 9.31 Å². The monoisotopic (exact) mass is 295 g/mol. The van der Waals surface area contributed by atoms with Crippen molar-refractivity contribution in [3.05, 3.63) is 36.3 Å². The SMILES string of the molecule is CC1(C)OB(c2cc(C#N)cc(-c3cnc[nH]3)c2)OC1(C)C. The smallest absolute Gasteiger partial charge is 0.399 e. The highest BCUT2D eigenvalue weighted by Gasteiger charge is 2.51. The molecular formula is C16H18BN3O2. The van der Waals surface area contributed by atoms with Crippen molar-refractivity contribution in [3.8, 4) is 17.3 Å². The molecule has 0 radical (unpaired) electrons. The van der Waals surface area contributed by atoms with E-state index in [9.17, 15) is 5.26 Å². The molecule has 1 fully saturated rings. The van der Waals surface area contributed by atoms with E-state index in [1.165, 1.54) is 0 Å². The summed E-state index contributed by atoms with van der Waals surface area (Å²) in [6, 6.07) is 7.79. The highest BCUT2D eigenvalue weighted by molar-refractivity contribution is 6.62. The molecule has 0 atom stereocenters. The van der Waals surface area contributed by atoms with Gasteiger partial charge in [-0.1, -0.05) is 6.07 Å². The van der Waals surface area contributed by atoms with Crippen LogP contribution in [0.4, 0.5) is 0 Å². The van der Waals surface area contributed by atoms with E-state index in [0.29, 0.717) is 5.56 Å². The molecule has 0 amide bonds. The van der Waals surface area contributed by atoms with Crippen LogP contribution in [-0.4, -0.2) is 28.3 Å². The summed E-state index contributed by atoms with van der Waals surface area (Å²) in [6.07, 6.45) is 3.34. The second-order valence-corrected chi connectivity index (χ2v) is 6.51. The molecular weight excluding hydrogens is 277 g/mol. The van der Waals surface area contributed by atoms with Crippen LogP contribution in [0.3, 0.4) is 0 Å². The van der Waals surface area contributed by atoms with Gasteiger partial charge in [-0.15, -0.1) is 0 Å². The van der Waals surface area contributed by atoms with Crippen LogP contribution in [0.2, 0.25) is 0 Å². The van der Waals surface area contributed by atoms with Crippen LogP contribution >= 0.6 is 0 Å². The first-order valence-corrected chi connectivity index (χ1v) is 7.22. The highest BCUT2D eigenvalue weighted by Crippen LogP contribution is 2.36. The molecule has 5 nitrogen and oxygen atoms in total. The van der Waals surface area contributed by atoms with Crippen LogP contribution in [0.15, 0.2) is 30.7 Å². The number of imidazole rings is 1. The van der Waals surface area contributed by atoms with Gasteiger partial charge >= 0.3 is 7.12 Å². The minimum absolute atomic E-state index is 0.408. The molecule has 0 spiro atoms. The maximum absolute atomic E-state index is 9.27. The summed E-state index contributed by atoms with van der Waals surface area (Å²) in [6.45, 7) is 8.04. The molecule has 0 aliphatic carbocycles. The summed E-state index contributed by atoms with van der Waals surface area (Å²) < 4.78 is 12.1. The maximum Gasteiger partial charge on any atom is 0.494 e. The van der Waals surface area contributed by atoms with Crippen LogP contribution in [0.25, 0.3) is 11.3 Å². The van der Waals surface area contributed by atoms with Gasteiger partial charge in [-0.3, -0.25) is 0 Å². The number of nitrogens with one attached hydrogen (secondary N) is 1. The molecule has 0 saturated carbocycles. The first kappa shape index (κ1) is 14.8. The normalized spacial score (nSPS) is 19.1. The molecule has 2 aromatic rings. The number of hydrogen-bond donors (Lipinski definition) is 1. The Morgan fingerprint density at radius 2 is 1.82 bits per heavy atom. The van der Waals surface area contributed by atoms with Gasteiger partial charge in [0.1, 0.15) is 0 Å². The zero-order valence-electron chi connectivity index (χ0n) is 13.2. The van der Waals surface area contributed by atoms with E-state index in [2.05, 4.69) is 16.0 Å². The summed E-state index contributed by atoms with van der Waals surface area (Å²) in [4.78, 5) is 7.08. The Balaban J connectivity index is 2.02. The minimum atomic E-state index is -0.486. The molecule has 2 heterocycles. The summed E-state index contributed by atoms with van der Waals surface area (Å²) >= 11 is 0. The van der Waals surface area contributed by atoms with Gasteiger partial charge in [-0.05, 0) is 45.3 Å². The zero-order valence-corrected chi connectivity index (χ0v) is 13.2. The van der Waals surface area contributed by atoms with Gasteiger partial charge in [0.25, 0.3) is 0 Å². The van der Waals surface area contributed by atoms with Gasteiger partial charge in [-0.2, -0.15) is 5.26 Å². The van der Waals surface area contributed by atoms with Crippen molar-refractivity contribution >= 4 is 12.6 Å². The Kier molecular flexibility index (Phi) is 3.35. The van der Waals surface area contributed by atoms with Crippen molar-refractivity contribution in [3.63, 3.8) is 0 Å². The lowest BCUT2D eigenvalue weighted by atomic mass is 9.77. The third-order valence-electron chi connectivity index (χ3n) is 4.42. The number of rotatable bonds is 2. The van der Waals surface area contributed by atoms with Crippen LogP contribution < -0.4 is 5.46 Å². The van der Waals surface area contributed by atoms with Gasteiger partial charge in [0.05, 0.1) is 41.1 Å². The Morgan fingerprint density at radius 3 is 2.36 bits per heavy atom. The highest BCUT2D eigenvalue weighted by atomic mass is 16.7. The van der Waals surface area contributed by atoms with E-state index >= 15 is 0 Å². The number of aromatic nitrogens is 2. The van der Waals surface area contributed by atoms with E-state index < -0.39 is 18.3 Å². The number of nitrogens with zero attached hydrogens (tertiary/aromatic N) is 2. The maximum atomic E-state index is 9.27. The lowest BCUT2D eigenvalue weighted by Crippen LogP contribution is -2.41. The third kappa shape index (κ3) is 2.43. The minimum Gasteiger partial charge on any atom is -0.399 e. The third-order valence-corrected chi connectivity index (χ3v) is 4.42. The van der Waals surface area contributed by atoms with Crippen molar-refractivity contribution in [2.45, 2.75) is 38.9 Å². The molecule has 3 rings (SSSR count). The van der Waals surface area contributed by atoms with Crippen LogP contribution in [0, 0.1) is 11.3 Å². The quantitative estimate of drug-likeness (QED) is 0.863. The molecule has 1 N–H and O–H groups in total. The summed E-state index contributed by atoms with van der Waals surface area (Å²) in [5, 5.41) is 9.27. The number of benzene rings is 1. The number of nitriles is 1. The van der Waals surface area contributed by atoms with Gasteiger partial charge in [0, 0.05) is 5.56 Å². The predicted molar refractivity (Wildman–Crippen MR) is 84.5 cm³/mol. The molecule has 112 valence electrons. The van der Waals surface area contributed by atoms with Crippen molar-refractivity contribution in [1.82, 2.24) is 9.97 Å². The molecule has 1 aromatic carbocycles. The van der Waals surface area contributed by atoms with Gasteiger partial charge in [0.2, 0.25) is 0 Å². The molecule has 1 saturated heterocycles. The Hall–Kier alpha value is -2.10. The zero-order chi connectivity index (χ0) is 16.0. The fourth-order valence-corrected chi connectivity index (χ4v) is 2.40. The number of H-pyrrole nitrogens is 1. The molecule has 0 unspecified atom stereocenters. The van der Waals surface area contributed by atoms with E-state index in [4.69, 9.17) is 9.31 Å². The standard InChI is InChI=1S/C16H18BN3O2/c1-15(2)16(3,4)22-17(21-15)13-6-11(8-18)5-12(7-13)14-9-19-10-20-14/h5-7,9-10H,1-4H3,(H,19,20). The first-order valence-electron chi connectivity index (χ1n) is 7.22. The average molecular weight is 295 g/mol. The lowest BCUT2D eigenvalue weighted by Gasteiger charge is -2.32. The van der Waals surface area contributed by atoms with E-state index in [0.717, 1.165) is 16.7 Å². The Bertz CT molecular complexity index is 716. The summed E-state index contributed by atoms with van der Waals surface area (Å²) in [5.74, 6) is 0. The molecule has 6 heteroatoms. The first-order chi connectivity index (χ1) is 10.3. The van der Waals surface area contributed by atoms with E-state index in [-0.39, 0.29) is 0 Å². The number of aromatic amines is 1. The van der Waals surface area contributed by atoms with Crippen LogP contribution in [-0.2, 0) is 9.31 Å². The molecule has 0 bridgehead atoms.